The number of rotatable bonds is 4. The van der Waals surface area contributed by atoms with Crippen molar-refractivity contribution in [1.29, 1.82) is 0 Å². The lowest BCUT2D eigenvalue weighted by atomic mass is 10.1. The highest BCUT2D eigenvalue weighted by Gasteiger charge is 2.28. The number of aromatic nitrogens is 1. The number of nitrogens with two attached hydrogens (primary N) is 1. The highest BCUT2D eigenvalue weighted by Crippen LogP contribution is 2.22. The van der Waals surface area contributed by atoms with Crippen molar-refractivity contribution in [3.8, 4) is 0 Å². The van der Waals surface area contributed by atoms with E-state index in [2.05, 4.69) is 4.98 Å². The SMILES string of the molecule is Cc1cc(C)c2cc(C(=O)OC(C(=O)NC(N)=O)C(C)C)[nH]c2c1. The summed E-state index contributed by atoms with van der Waals surface area (Å²) in [6, 6.07) is 4.65. The second-order valence-electron chi connectivity index (χ2n) is 6.15. The molecular formula is C17H21N3O4. The van der Waals surface area contributed by atoms with E-state index in [1.807, 2.05) is 31.3 Å². The number of benzene rings is 1. The van der Waals surface area contributed by atoms with Gasteiger partial charge in [-0.2, -0.15) is 0 Å². The summed E-state index contributed by atoms with van der Waals surface area (Å²) in [6.07, 6.45) is -1.11. The molecular weight excluding hydrogens is 310 g/mol. The first-order valence-electron chi connectivity index (χ1n) is 7.60. The number of hydrogen-bond donors (Lipinski definition) is 3. The van der Waals surface area contributed by atoms with Crippen molar-refractivity contribution in [2.24, 2.45) is 11.7 Å². The van der Waals surface area contributed by atoms with E-state index in [1.165, 1.54) is 0 Å². The number of urea groups is 1. The van der Waals surface area contributed by atoms with E-state index >= 15 is 0 Å². The van der Waals surface area contributed by atoms with Crippen LogP contribution >= 0.6 is 0 Å². The molecule has 7 nitrogen and oxygen atoms in total. The Balaban J connectivity index is 2.25. The fourth-order valence-corrected chi connectivity index (χ4v) is 2.57. The number of H-pyrrole nitrogens is 1. The molecule has 1 aromatic carbocycles. The summed E-state index contributed by atoms with van der Waals surface area (Å²) in [5.74, 6) is -1.72. The van der Waals surface area contributed by atoms with Gasteiger partial charge in [0.1, 0.15) is 5.69 Å². The Bertz CT molecular complexity index is 808. The second kappa shape index (κ2) is 6.74. The largest absolute Gasteiger partial charge is 0.447 e. The molecule has 0 spiro atoms. The summed E-state index contributed by atoms with van der Waals surface area (Å²) in [5, 5.41) is 2.85. The van der Waals surface area contributed by atoms with Crippen molar-refractivity contribution in [3.05, 3.63) is 35.0 Å². The van der Waals surface area contributed by atoms with Gasteiger partial charge in [-0.05, 0) is 43.0 Å². The monoisotopic (exact) mass is 331 g/mol. The molecule has 0 aliphatic carbocycles. The molecule has 0 aliphatic rings. The number of hydrogen-bond acceptors (Lipinski definition) is 4. The molecule has 2 aromatic rings. The maximum absolute atomic E-state index is 12.4. The van der Waals surface area contributed by atoms with Gasteiger partial charge in [0.2, 0.25) is 0 Å². The highest BCUT2D eigenvalue weighted by atomic mass is 16.5. The molecule has 1 unspecified atom stereocenters. The first kappa shape index (κ1) is 17.5. The lowest BCUT2D eigenvalue weighted by Crippen LogP contribution is -2.45. The fraction of sp³-hybridized carbons (Fsp3) is 0.353. The van der Waals surface area contributed by atoms with Crippen molar-refractivity contribution >= 4 is 28.8 Å². The molecule has 1 heterocycles. The Hall–Kier alpha value is -2.83. The first-order valence-corrected chi connectivity index (χ1v) is 7.60. The molecule has 4 N–H and O–H groups in total. The van der Waals surface area contributed by atoms with Gasteiger partial charge >= 0.3 is 12.0 Å². The topological polar surface area (TPSA) is 114 Å². The first-order chi connectivity index (χ1) is 11.2. The Kier molecular flexibility index (Phi) is 4.92. The van der Waals surface area contributed by atoms with Gasteiger partial charge in [-0.25, -0.2) is 9.59 Å². The molecule has 0 saturated heterocycles. The van der Waals surface area contributed by atoms with Gasteiger partial charge < -0.3 is 15.5 Å². The lowest BCUT2D eigenvalue weighted by molar-refractivity contribution is -0.130. The number of imide groups is 1. The van der Waals surface area contributed by atoms with Crippen LogP contribution in [-0.2, 0) is 9.53 Å². The van der Waals surface area contributed by atoms with Crippen molar-refractivity contribution in [1.82, 2.24) is 10.3 Å². The maximum Gasteiger partial charge on any atom is 0.355 e. The molecule has 128 valence electrons. The van der Waals surface area contributed by atoms with E-state index in [9.17, 15) is 14.4 Å². The van der Waals surface area contributed by atoms with Gasteiger partial charge in [-0.15, -0.1) is 0 Å². The molecule has 0 aliphatic heterocycles. The second-order valence-corrected chi connectivity index (χ2v) is 6.15. The fourth-order valence-electron chi connectivity index (χ4n) is 2.57. The number of carbonyl (C=O) groups is 3. The standard InChI is InChI=1S/C17H21N3O4/c1-8(2)14(15(21)20-17(18)23)24-16(22)13-7-11-10(4)5-9(3)6-12(11)19-13/h5-8,14,19H,1-4H3,(H3,18,20,21,23). The Morgan fingerprint density at radius 1 is 1.17 bits per heavy atom. The van der Waals surface area contributed by atoms with Crippen molar-refractivity contribution in [2.45, 2.75) is 33.8 Å². The number of nitrogens with one attached hydrogen (secondary N) is 2. The summed E-state index contributed by atoms with van der Waals surface area (Å²) < 4.78 is 5.27. The van der Waals surface area contributed by atoms with Crippen LogP contribution in [0.2, 0.25) is 0 Å². The molecule has 3 amide bonds. The quantitative estimate of drug-likeness (QED) is 0.745. The van der Waals surface area contributed by atoms with Gasteiger partial charge in [0.05, 0.1) is 0 Å². The number of aryl methyl sites for hydroxylation is 2. The molecule has 1 aromatic heterocycles. The third kappa shape index (κ3) is 3.73. The molecule has 0 bridgehead atoms. The van der Waals surface area contributed by atoms with Crippen LogP contribution in [0.3, 0.4) is 0 Å². The minimum Gasteiger partial charge on any atom is -0.447 e. The van der Waals surface area contributed by atoms with Gasteiger partial charge in [-0.3, -0.25) is 10.1 Å². The Labute approximate surface area is 139 Å². The Morgan fingerprint density at radius 2 is 1.83 bits per heavy atom. The van der Waals surface area contributed by atoms with Crippen molar-refractivity contribution < 1.29 is 19.1 Å². The summed E-state index contributed by atoms with van der Waals surface area (Å²) >= 11 is 0. The van der Waals surface area contributed by atoms with E-state index in [0.717, 1.165) is 22.0 Å². The van der Waals surface area contributed by atoms with E-state index in [1.54, 1.807) is 19.9 Å². The third-order valence-corrected chi connectivity index (χ3v) is 3.65. The molecule has 0 fully saturated rings. The van der Waals surface area contributed by atoms with Crippen LogP contribution in [0.1, 0.15) is 35.5 Å². The zero-order chi connectivity index (χ0) is 18.0. The van der Waals surface area contributed by atoms with Gasteiger partial charge in [0.25, 0.3) is 5.91 Å². The number of ether oxygens (including phenoxy) is 1. The predicted molar refractivity (Wildman–Crippen MR) is 89.5 cm³/mol. The molecule has 7 heteroatoms. The smallest absolute Gasteiger partial charge is 0.355 e. The third-order valence-electron chi connectivity index (χ3n) is 3.65. The van der Waals surface area contributed by atoms with Gasteiger partial charge in [0, 0.05) is 10.9 Å². The predicted octanol–water partition coefficient (Wildman–Crippen LogP) is 2.16. The average Bonchev–Trinajstić information content (AvgIpc) is 2.87. The minimum absolute atomic E-state index is 0.247. The minimum atomic E-state index is -1.11. The van der Waals surface area contributed by atoms with Crippen LogP contribution in [0.25, 0.3) is 10.9 Å². The summed E-state index contributed by atoms with van der Waals surface area (Å²) in [4.78, 5) is 38.1. The van der Waals surface area contributed by atoms with Gasteiger partial charge in [0.15, 0.2) is 6.10 Å². The summed E-state index contributed by atoms with van der Waals surface area (Å²) in [6.45, 7) is 7.33. The zero-order valence-corrected chi connectivity index (χ0v) is 14.1. The van der Waals surface area contributed by atoms with E-state index in [0.29, 0.717) is 0 Å². The van der Waals surface area contributed by atoms with E-state index in [-0.39, 0.29) is 11.6 Å². The van der Waals surface area contributed by atoms with E-state index in [4.69, 9.17) is 10.5 Å². The number of primary amides is 1. The number of amides is 3. The van der Waals surface area contributed by atoms with Crippen molar-refractivity contribution in [2.75, 3.05) is 0 Å². The molecule has 24 heavy (non-hydrogen) atoms. The molecule has 2 rings (SSSR count). The number of aromatic amines is 1. The van der Waals surface area contributed by atoms with Crippen LogP contribution in [0.5, 0.6) is 0 Å². The van der Waals surface area contributed by atoms with Crippen LogP contribution < -0.4 is 11.1 Å². The van der Waals surface area contributed by atoms with Crippen LogP contribution in [0.15, 0.2) is 18.2 Å². The summed E-state index contributed by atoms with van der Waals surface area (Å²) in [7, 11) is 0. The lowest BCUT2D eigenvalue weighted by Gasteiger charge is -2.19. The van der Waals surface area contributed by atoms with Gasteiger partial charge in [-0.1, -0.05) is 19.9 Å². The van der Waals surface area contributed by atoms with E-state index < -0.39 is 24.0 Å². The number of fused-ring (bicyclic) bond motifs is 1. The normalized spacial score (nSPS) is 12.2. The molecule has 1 atom stereocenters. The molecule has 0 saturated carbocycles. The molecule has 0 radical (unpaired) electrons. The van der Waals surface area contributed by atoms with Crippen molar-refractivity contribution in [3.63, 3.8) is 0 Å². The van der Waals surface area contributed by atoms with Crippen LogP contribution in [-0.4, -0.2) is 29.0 Å². The maximum atomic E-state index is 12.4. The number of carbonyl (C=O) groups excluding carboxylic acids is 3. The zero-order valence-electron chi connectivity index (χ0n) is 14.1. The number of esters is 1. The Morgan fingerprint density at radius 3 is 2.42 bits per heavy atom. The highest BCUT2D eigenvalue weighted by molar-refractivity contribution is 5.99. The average molecular weight is 331 g/mol. The van der Waals surface area contributed by atoms with Crippen LogP contribution in [0.4, 0.5) is 4.79 Å². The van der Waals surface area contributed by atoms with Crippen LogP contribution in [0, 0.1) is 19.8 Å². The summed E-state index contributed by atoms with van der Waals surface area (Å²) in [5.41, 5.74) is 8.11.